The molecule has 0 bridgehead atoms. The molecule has 138 valence electrons. The molecule has 2 N–H and O–H groups in total. The minimum atomic E-state index is -4.48. The molecule has 0 radical (unpaired) electrons. The van der Waals surface area contributed by atoms with Crippen LogP contribution in [-0.2, 0) is 22.2 Å². The van der Waals surface area contributed by atoms with Crippen molar-refractivity contribution in [3.05, 3.63) is 48.0 Å². The largest absolute Gasteiger partial charge is 0.416 e. The van der Waals surface area contributed by atoms with Gasteiger partial charge in [-0.3, -0.25) is 9.59 Å². The van der Waals surface area contributed by atoms with E-state index in [-0.39, 0.29) is 30.5 Å². The Balaban J connectivity index is 1.60. The lowest BCUT2D eigenvalue weighted by Crippen LogP contribution is -2.34. The van der Waals surface area contributed by atoms with Crippen molar-refractivity contribution in [1.82, 2.24) is 15.3 Å². The molecule has 0 unspecified atom stereocenters. The highest BCUT2D eigenvalue weighted by molar-refractivity contribution is 6.00. The van der Waals surface area contributed by atoms with Gasteiger partial charge in [-0.25, -0.2) is 4.98 Å². The van der Waals surface area contributed by atoms with Crippen LogP contribution in [-0.4, -0.2) is 34.9 Å². The van der Waals surface area contributed by atoms with E-state index < -0.39 is 17.7 Å². The number of nitrogens with zero attached hydrogens (tertiary/aromatic N) is 2. The summed E-state index contributed by atoms with van der Waals surface area (Å²) in [6.07, 6.45) is -0.738. The molecule has 2 heterocycles. The van der Waals surface area contributed by atoms with E-state index in [9.17, 15) is 22.8 Å². The van der Waals surface area contributed by atoms with E-state index in [1.165, 1.54) is 17.0 Å². The first-order valence-electron chi connectivity index (χ1n) is 8.07. The molecular weight excluding hydrogens is 349 g/mol. The second kappa shape index (κ2) is 7.19. The standard InChI is InChI=1S/C17H17F3N4O2/c18-17(19,20)12-2-1-3-14(7-12)24-9-11(6-15(24)25)16(26)22-5-4-13-8-21-10-23-13/h1-3,7-8,10-11H,4-6,9H2,(H,21,23)(H,22,26)/t11-/m0/s1. The van der Waals surface area contributed by atoms with Crippen LogP contribution >= 0.6 is 0 Å². The predicted molar refractivity (Wildman–Crippen MR) is 87.2 cm³/mol. The van der Waals surface area contributed by atoms with Gasteiger partial charge in [-0.05, 0) is 18.2 Å². The van der Waals surface area contributed by atoms with Gasteiger partial charge in [0.05, 0.1) is 17.8 Å². The Morgan fingerprint density at radius 3 is 2.88 bits per heavy atom. The topological polar surface area (TPSA) is 78.1 Å². The molecule has 9 heteroatoms. The van der Waals surface area contributed by atoms with Crippen molar-refractivity contribution in [1.29, 1.82) is 0 Å². The van der Waals surface area contributed by atoms with Crippen LogP contribution in [0, 0.1) is 5.92 Å². The number of amides is 2. The molecule has 1 aromatic heterocycles. The van der Waals surface area contributed by atoms with E-state index >= 15 is 0 Å². The van der Waals surface area contributed by atoms with E-state index in [1.807, 2.05) is 0 Å². The summed E-state index contributed by atoms with van der Waals surface area (Å²) in [6, 6.07) is 4.56. The molecule has 26 heavy (non-hydrogen) atoms. The summed E-state index contributed by atoms with van der Waals surface area (Å²) in [4.78, 5) is 32.4. The average molecular weight is 366 g/mol. The number of halogens is 3. The first-order chi connectivity index (χ1) is 12.3. The number of carbonyl (C=O) groups excluding carboxylic acids is 2. The zero-order valence-corrected chi connectivity index (χ0v) is 13.7. The van der Waals surface area contributed by atoms with Crippen molar-refractivity contribution < 1.29 is 22.8 Å². The molecule has 1 aromatic carbocycles. The molecule has 0 spiro atoms. The third-order valence-corrected chi connectivity index (χ3v) is 4.23. The summed E-state index contributed by atoms with van der Waals surface area (Å²) in [6.45, 7) is 0.450. The first kappa shape index (κ1) is 18.0. The fourth-order valence-corrected chi connectivity index (χ4v) is 2.87. The molecular formula is C17H17F3N4O2. The van der Waals surface area contributed by atoms with Gasteiger partial charge in [0.1, 0.15) is 0 Å². The van der Waals surface area contributed by atoms with E-state index in [4.69, 9.17) is 0 Å². The lowest BCUT2D eigenvalue weighted by molar-refractivity contribution is -0.137. The van der Waals surface area contributed by atoms with Crippen LogP contribution in [0.15, 0.2) is 36.8 Å². The monoisotopic (exact) mass is 366 g/mol. The number of rotatable bonds is 5. The van der Waals surface area contributed by atoms with Crippen LogP contribution in [0.3, 0.4) is 0 Å². The number of hydrogen-bond donors (Lipinski definition) is 2. The lowest BCUT2D eigenvalue weighted by Gasteiger charge is -2.18. The summed E-state index contributed by atoms with van der Waals surface area (Å²) in [5.74, 6) is -1.23. The Labute approximate surface area is 147 Å². The van der Waals surface area contributed by atoms with Gasteiger partial charge in [-0.1, -0.05) is 6.07 Å². The molecule has 3 rings (SSSR count). The molecule has 1 aliphatic rings. The fraction of sp³-hybridized carbons (Fsp3) is 0.353. The zero-order chi connectivity index (χ0) is 18.7. The van der Waals surface area contributed by atoms with Crippen molar-refractivity contribution in [3.8, 4) is 0 Å². The lowest BCUT2D eigenvalue weighted by atomic mass is 10.1. The quantitative estimate of drug-likeness (QED) is 0.851. The highest BCUT2D eigenvalue weighted by Crippen LogP contribution is 2.33. The maximum absolute atomic E-state index is 12.8. The molecule has 1 atom stereocenters. The van der Waals surface area contributed by atoms with Gasteiger partial charge in [0, 0.05) is 43.5 Å². The smallest absolute Gasteiger partial charge is 0.355 e. The molecule has 2 amide bonds. The maximum atomic E-state index is 12.8. The number of alkyl halides is 3. The number of aromatic amines is 1. The fourth-order valence-electron chi connectivity index (χ4n) is 2.87. The number of carbonyl (C=O) groups is 2. The SMILES string of the molecule is O=C(NCCc1cnc[nH]1)[C@H]1CC(=O)N(c2cccc(C(F)(F)F)c2)C1. The minimum Gasteiger partial charge on any atom is -0.355 e. The minimum absolute atomic E-state index is 0.0217. The van der Waals surface area contributed by atoms with Gasteiger partial charge in [-0.2, -0.15) is 13.2 Å². The maximum Gasteiger partial charge on any atom is 0.416 e. The molecule has 0 saturated carbocycles. The highest BCUT2D eigenvalue weighted by Gasteiger charge is 2.36. The van der Waals surface area contributed by atoms with Gasteiger partial charge in [-0.15, -0.1) is 0 Å². The van der Waals surface area contributed by atoms with Gasteiger partial charge in [0.2, 0.25) is 11.8 Å². The third-order valence-electron chi connectivity index (χ3n) is 4.23. The van der Waals surface area contributed by atoms with Crippen molar-refractivity contribution in [2.45, 2.75) is 19.0 Å². The summed E-state index contributed by atoms with van der Waals surface area (Å²) < 4.78 is 38.5. The van der Waals surface area contributed by atoms with Crippen molar-refractivity contribution in [2.75, 3.05) is 18.0 Å². The first-order valence-corrected chi connectivity index (χ1v) is 8.07. The van der Waals surface area contributed by atoms with Crippen LogP contribution in [0.1, 0.15) is 17.7 Å². The van der Waals surface area contributed by atoms with Crippen LogP contribution < -0.4 is 10.2 Å². The summed E-state index contributed by atoms with van der Waals surface area (Å²) >= 11 is 0. The van der Waals surface area contributed by atoms with E-state index in [0.29, 0.717) is 13.0 Å². The zero-order valence-electron chi connectivity index (χ0n) is 13.7. The number of anilines is 1. The van der Waals surface area contributed by atoms with Crippen LogP contribution in [0.2, 0.25) is 0 Å². The number of nitrogens with one attached hydrogen (secondary N) is 2. The summed E-state index contributed by atoms with van der Waals surface area (Å²) in [7, 11) is 0. The second-order valence-corrected chi connectivity index (χ2v) is 6.07. The molecule has 1 saturated heterocycles. The van der Waals surface area contributed by atoms with E-state index in [1.54, 1.807) is 12.5 Å². The third kappa shape index (κ3) is 4.04. The Morgan fingerprint density at radius 2 is 2.19 bits per heavy atom. The van der Waals surface area contributed by atoms with Gasteiger partial charge in [0.25, 0.3) is 0 Å². The summed E-state index contributed by atoms with van der Waals surface area (Å²) in [5.41, 5.74) is 0.200. The van der Waals surface area contributed by atoms with E-state index in [2.05, 4.69) is 15.3 Å². The average Bonchev–Trinajstić information content (AvgIpc) is 3.24. The number of imidazole rings is 1. The van der Waals surface area contributed by atoms with Gasteiger partial charge >= 0.3 is 6.18 Å². The number of hydrogen-bond acceptors (Lipinski definition) is 3. The second-order valence-electron chi connectivity index (χ2n) is 6.07. The predicted octanol–water partition coefficient (Wildman–Crippen LogP) is 2.14. The van der Waals surface area contributed by atoms with Crippen LogP contribution in [0.5, 0.6) is 0 Å². The Hall–Kier alpha value is -2.84. The van der Waals surface area contributed by atoms with E-state index in [0.717, 1.165) is 17.8 Å². The summed E-state index contributed by atoms with van der Waals surface area (Å²) in [5, 5.41) is 2.75. The molecule has 2 aromatic rings. The van der Waals surface area contributed by atoms with Crippen molar-refractivity contribution in [3.63, 3.8) is 0 Å². The Bertz CT molecular complexity index is 790. The molecule has 0 aliphatic carbocycles. The molecule has 6 nitrogen and oxygen atoms in total. The van der Waals surface area contributed by atoms with Gasteiger partial charge in [0.15, 0.2) is 0 Å². The number of H-pyrrole nitrogens is 1. The Morgan fingerprint density at radius 1 is 1.38 bits per heavy atom. The van der Waals surface area contributed by atoms with Crippen LogP contribution in [0.25, 0.3) is 0 Å². The van der Waals surface area contributed by atoms with Gasteiger partial charge < -0.3 is 15.2 Å². The number of aromatic nitrogens is 2. The van der Waals surface area contributed by atoms with Crippen LogP contribution in [0.4, 0.5) is 18.9 Å². The molecule has 1 fully saturated rings. The Kier molecular flexibility index (Phi) is 4.97. The number of benzene rings is 1. The van der Waals surface area contributed by atoms with Crippen molar-refractivity contribution in [2.24, 2.45) is 5.92 Å². The highest BCUT2D eigenvalue weighted by atomic mass is 19.4. The molecule has 1 aliphatic heterocycles. The normalized spacial score (nSPS) is 17.6. The van der Waals surface area contributed by atoms with Crippen molar-refractivity contribution >= 4 is 17.5 Å².